The SMILES string of the molecule is CCC1COCCN1c1ccccc1[C@H](C)N. The quantitative estimate of drug-likeness (QED) is 0.872. The van der Waals surface area contributed by atoms with Gasteiger partial charge in [0.1, 0.15) is 0 Å². The highest BCUT2D eigenvalue weighted by atomic mass is 16.5. The Morgan fingerprint density at radius 1 is 1.47 bits per heavy atom. The molecule has 1 aromatic rings. The van der Waals surface area contributed by atoms with Crippen molar-refractivity contribution in [3.05, 3.63) is 29.8 Å². The lowest BCUT2D eigenvalue weighted by atomic mass is 10.0. The highest BCUT2D eigenvalue weighted by molar-refractivity contribution is 5.56. The molecule has 1 unspecified atom stereocenters. The number of anilines is 1. The van der Waals surface area contributed by atoms with Crippen molar-refractivity contribution in [2.75, 3.05) is 24.7 Å². The lowest BCUT2D eigenvalue weighted by Gasteiger charge is -2.38. The van der Waals surface area contributed by atoms with Crippen molar-refractivity contribution in [2.45, 2.75) is 32.4 Å². The number of rotatable bonds is 3. The Morgan fingerprint density at radius 3 is 2.94 bits per heavy atom. The largest absolute Gasteiger partial charge is 0.377 e. The molecule has 0 bridgehead atoms. The van der Waals surface area contributed by atoms with Crippen molar-refractivity contribution in [1.29, 1.82) is 0 Å². The zero-order valence-electron chi connectivity index (χ0n) is 10.7. The van der Waals surface area contributed by atoms with Crippen LogP contribution in [-0.2, 0) is 4.74 Å². The summed E-state index contributed by atoms with van der Waals surface area (Å²) in [6.45, 7) is 6.84. The van der Waals surface area contributed by atoms with Gasteiger partial charge in [0.05, 0.1) is 19.3 Å². The molecule has 3 heteroatoms. The van der Waals surface area contributed by atoms with Crippen LogP contribution in [0.3, 0.4) is 0 Å². The lowest BCUT2D eigenvalue weighted by molar-refractivity contribution is 0.0929. The number of nitrogens with two attached hydrogens (primary N) is 1. The minimum absolute atomic E-state index is 0.0755. The van der Waals surface area contributed by atoms with E-state index in [0.717, 1.165) is 26.2 Å². The van der Waals surface area contributed by atoms with Crippen molar-refractivity contribution in [1.82, 2.24) is 0 Å². The molecule has 2 atom stereocenters. The van der Waals surface area contributed by atoms with Crippen LogP contribution in [0.4, 0.5) is 5.69 Å². The van der Waals surface area contributed by atoms with Gasteiger partial charge in [-0.2, -0.15) is 0 Å². The summed E-state index contributed by atoms with van der Waals surface area (Å²) in [5.74, 6) is 0. The van der Waals surface area contributed by atoms with Gasteiger partial charge in [0, 0.05) is 18.3 Å². The Hall–Kier alpha value is -1.06. The molecule has 0 amide bonds. The summed E-state index contributed by atoms with van der Waals surface area (Å²) in [4.78, 5) is 2.45. The second-order valence-electron chi connectivity index (χ2n) is 4.68. The molecule has 1 saturated heterocycles. The van der Waals surface area contributed by atoms with Gasteiger partial charge < -0.3 is 15.4 Å². The summed E-state index contributed by atoms with van der Waals surface area (Å²) < 4.78 is 5.55. The predicted molar refractivity (Wildman–Crippen MR) is 71.3 cm³/mol. The lowest BCUT2D eigenvalue weighted by Crippen LogP contribution is -2.45. The van der Waals surface area contributed by atoms with E-state index in [1.807, 2.05) is 6.92 Å². The van der Waals surface area contributed by atoms with E-state index in [1.54, 1.807) is 0 Å². The molecule has 2 N–H and O–H groups in total. The Kier molecular flexibility index (Phi) is 4.02. The van der Waals surface area contributed by atoms with Crippen LogP contribution in [-0.4, -0.2) is 25.8 Å². The fourth-order valence-electron chi connectivity index (χ4n) is 2.44. The molecule has 1 heterocycles. The predicted octanol–water partition coefficient (Wildman–Crippen LogP) is 2.32. The van der Waals surface area contributed by atoms with Gasteiger partial charge in [0.25, 0.3) is 0 Å². The first-order chi connectivity index (χ1) is 8.24. The van der Waals surface area contributed by atoms with Gasteiger partial charge in [-0.1, -0.05) is 25.1 Å². The number of benzene rings is 1. The molecule has 1 fully saturated rings. The maximum atomic E-state index is 6.05. The summed E-state index contributed by atoms with van der Waals surface area (Å²) in [6.07, 6.45) is 1.10. The van der Waals surface area contributed by atoms with E-state index < -0.39 is 0 Å². The Labute approximate surface area is 104 Å². The average molecular weight is 234 g/mol. The van der Waals surface area contributed by atoms with E-state index in [1.165, 1.54) is 11.3 Å². The fourth-order valence-corrected chi connectivity index (χ4v) is 2.44. The third-order valence-corrected chi connectivity index (χ3v) is 3.44. The number of nitrogens with zero attached hydrogens (tertiary/aromatic N) is 1. The summed E-state index contributed by atoms with van der Waals surface area (Å²) in [6, 6.07) is 9.00. The average Bonchev–Trinajstić information content (AvgIpc) is 2.38. The Balaban J connectivity index is 2.31. The van der Waals surface area contributed by atoms with Crippen LogP contribution in [0.5, 0.6) is 0 Å². The van der Waals surface area contributed by atoms with E-state index in [4.69, 9.17) is 10.5 Å². The van der Waals surface area contributed by atoms with Crippen molar-refractivity contribution in [3.63, 3.8) is 0 Å². The maximum Gasteiger partial charge on any atom is 0.0670 e. The monoisotopic (exact) mass is 234 g/mol. The van der Waals surface area contributed by atoms with Gasteiger partial charge in [0.2, 0.25) is 0 Å². The number of morpholine rings is 1. The van der Waals surface area contributed by atoms with Crippen LogP contribution < -0.4 is 10.6 Å². The molecule has 2 rings (SSSR count). The fraction of sp³-hybridized carbons (Fsp3) is 0.571. The highest BCUT2D eigenvalue weighted by Crippen LogP contribution is 2.28. The van der Waals surface area contributed by atoms with E-state index in [9.17, 15) is 0 Å². The number of hydrogen-bond acceptors (Lipinski definition) is 3. The number of hydrogen-bond donors (Lipinski definition) is 1. The first-order valence-corrected chi connectivity index (χ1v) is 6.43. The minimum Gasteiger partial charge on any atom is -0.377 e. The van der Waals surface area contributed by atoms with Crippen LogP contribution in [0.15, 0.2) is 24.3 Å². The molecule has 1 aliphatic rings. The Morgan fingerprint density at radius 2 is 2.24 bits per heavy atom. The Bertz CT molecular complexity index is 365. The van der Waals surface area contributed by atoms with E-state index in [0.29, 0.717) is 6.04 Å². The van der Waals surface area contributed by atoms with E-state index in [2.05, 4.69) is 36.1 Å². The van der Waals surface area contributed by atoms with E-state index >= 15 is 0 Å². The summed E-state index contributed by atoms with van der Waals surface area (Å²) in [7, 11) is 0. The first kappa shape index (κ1) is 12.4. The zero-order chi connectivity index (χ0) is 12.3. The second kappa shape index (κ2) is 5.52. The van der Waals surface area contributed by atoms with Crippen LogP contribution >= 0.6 is 0 Å². The van der Waals surface area contributed by atoms with Gasteiger partial charge >= 0.3 is 0 Å². The molecule has 1 aliphatic heterocycles. The summed E-state index contributed by atoms with van der Waals surface area (Å²) >= 11 is 0. The standard InChI is InChI=1S/C14H22N2O/c1-3-12-10-17-9-8-16(12)14-7-5-4-6-13(14)11(2)15/h4-7,11-12H,3,8-10,15H2,1-2H3/t11-,12?/m0/s1. The van der Waals surface area contributed by atoms with Crippen molar-refractivity contribution < 1.29 is 4.74 Å². The normalized spacial score (nSPS) is 22.5. The third-order valence-electron chi connectivity index (χ3n) is 3.44. The van der Waals surface area contributed by atoms with Gasteiger partial charge in [-0.05, 0) is 25.0 Å². The van der Waals surface area contributed by atoms with Gasteiger partial charge in [0.15, 0.2) is 0 Å². The van der Waals surface area contributed by atoms with Crippen LogP contribution in [0, 0.1) is 0 Å². The molecule has 0 spiro atoms. The molecule has 94 valence electrons. The van der Waals surface area contributed by atoms with Gasteiger partial charge in [-0.3, -0.25) is 0 Å². The molecule has 17 heavy (non-hydrogen) atoms. The van der Waals surface area contributed by atoms with Crippen molar-refractivity contribution >= 4 is 5.69 Å². The van der Waals surface area contributed by atoms with Crippen molar-refractivity contribution in [3.8, 4) is 0 Å². The minimum atomic E-state index is 0.0755. The zero-order valence-corrected chi connectivity index (χ0v) is 10.7. The molecule has 0 aliphatic carbocycles. The van der Waals surface area contributed by atoms with Crippen LogP contribution in [0.2, 0.25) is 0 Å². The molecule has 0 radical (unpaired) electrons. The molecule has 0 saturated carbocycles. The second-order valence-corrected chi connectivity index (χ2v) is 4.68. The molecule has 3 nitrogen and oxygen atoms in total. The van der Waals surface area contributed by atoms with E-state index in [-0.39, 0.29) is 6.04 Å². The maximum absolute atomic E-state index is 6.05. The molecular formula is C14H22N2O. The summed E-state index contributed by atoms with van der Waals surface area (Å²) in [5.41, 5.74) is 8.56. The van der Waals surface area contributed by atoms with Crippen LogP contribution in [0.1, 0.15) is 31.9 Å². The topological polar surface area (TPSA) is 38.5 Å². The summed E-state index contributed by atoms with van der Waals surface area (Å²) in [5, 5.41) is 0. The molecule has 0 aromatic heterocycles. The first-order valence-electron chi connectivity index (χ1n) is 6.43. The number of ether oxygens (including phenoxy) is 1. The van der Waals surface area contributed by atoms with Crippen LogP contribution in [0.25, 0.3) is 0 Å². The van der Waals surface area contributed by atoms with Gasteiger partial charge in [-0.25, -0.2) is 0 Å². The van der Waals surface area contributed by atoms with Gasteiger partial charge in [-0.15, -0.1) is 0 Å². The smallest absolute Gasteiger partial charge is 0.0670 e. The van der Waals surface area contributed by atoms with Crippen molar-refractivity contribution in [2.24, 2.45) is 5.73 Å². The highest BCUT2D eigenvalue weighted by Gasteiger charge is 2.23. The molecule has 1 aromatic carbocycles. The third kappa shape index (κ3) is 2.61. The number of para-hydroxylation sites is 1. The molecular weight excluding hydrogens is 212 g/mol.